The summed E-state index contributed by atoms with van der Waals surface area (Å²) in [4.78, 5) is 56.6. The molecule has 1 unspecified atom stereocenters. The zero-order valence-electron chi connectivity index (χ0n) is 28.2. The predicted octanol–water partition coefficient (Wildman–Crippen LogP) is 5.35. The van der Waals surface area contributed by atoms with E-state index in [9.17, 15) is 19.5 Å². The van der Waals surface area contributed by atoms with Gasteiger partial charge in [0.2, 0.25) is 5.91 Å². The summed E-state index contributed by atoms with van der Waals surface area (Å²) in [5, 5.41) is 12.2. The quantitative estimate of drug-likeness (QED) is 0.191. The lowest BCUT2D eigenvalue weighted by atomic mass is 10.0. The Kier molecular flexibility index (Phi) is 9.05. The predicted molar refractivity (Wildman–Crippen MR) is 182 cm³/mol. The molecule has 0 saturated carbocycles. The number of rotatable bonds is 8. The van der Waals surface area contributed by atoms with Crippen molar-refractivity contribution in [2.75, 3.05) is 33.4 Å². The van der Waals surface area contributed by atoms with Crippen molar-refractivity contribution in [2.24, 2.45) is 5.92 Å². The fraction of sp³-hybridized carbons (Fsp3) is 0.417. The summed E-state index contributed by atoms with van der Waals surface area (Å²) in [5.74, 6) is -0.0859. The molecule has 50 heavy (non-hydrogen) atoms. The molecule has 3 amide bonds. The third-order valence-electron chi connectivity index (χ3n) is 9.83. The highest BCUT2D eigenvalue weighted by atomic mass is 16.7. The van der Waals surface area contributed by atoms with Crippen LogP contribution in [0.1, 0.15) is 56.8 Å². The van der Waals surface area contributed by atoms with Gasteiger partial charge in [-0.1, -0.05) is 62.4 Å². The van der Waals surface area contributed by atoms with Gasteiger partial charge in [0, 0.05) is 13.0 Å². The van der Waals surface area contributed by atoms with Crippen LogP contribution >= 0.6 is 0 Å². The number of aromatic nitrogens is 4. The number of H-pyrrole nitrogens is 2. The van der Waals surface area contributed by atoms with Crippen LogP contribution in [0.25, 0.3) is 33.6 Å². The molecule has 0 radical (unpaired) electrons. The third-order valence-corrected chi connectivity index (χ3v) is 9.83. The molecule has 0 aliphatic carbocycles. The zero-order valence-corrected chi connectivity index (χ0v) is 28.2. The number of carbonyl (C=O) groups is 3. The number of hydrogen-bond acceptors (Lipinski definition) is 8. The first-order valence-corrected chi connectivity index (χ1v) is 16.9. The Balaban J connectivity index is 1.06. The van der Waals surface area contributed by atoms with Crippen LogP contribution in [-0.4, -0.2) is 98.2 Å². The van der Waals surface area contributed by atoms with Gasteiger partial charge < -0.3 is 39.5 Å². The second-order valence-corrected chi connectivity index (χ2v) is 13.3. The lowest BCUT2D eigenvalue weighted by molar-refractivity contribution is -0.153. The molecule has 4 aromatic rings. The number of benzene rings is 2. The summed E-state index contributed by atoms with van der Waals surface area (Å²) in [6, 6.07) is 14.8. The molecule has 3 aliphatic heterocycles. The maximum Gasteiger partial charge on any atom is 0.407 e. The van der Waals surface area contributed by atoms with Crippen molar-refractivity contribution >= 4 is 18.1 Å². The highest BCUT2D eigenvalue weighted by Gasteiger charge is 2.52. The Morgan fingerprint density at radius 1 is 0.880 bits per heavy atom. The number of carboxylic acid groups (broad SMARTS) is 1. The van der Waals surface area contributed by atoms with E-state index in [0.29, 0.717) is 37.8 Å². The zero-order chi connectivity index (χ0) is 35.0. The standard InChI is InChI=1S/C36H41N7O7/c1-21(2)30(41-34(45)48-3)33(44)43-20-36(49-15-16-50-36)17-29(43)32-38-19-27(40-32)25-12-8-23(9-13-25)22-6-10-24(11-7-22)26-18-37-31(39-26)28-5-4-14-42(28)35(46)47/h6-13,18-19,21,28-30H,4-5,14-17,20H2,1-3H3,(H,37,39)(H,38,40)(H,41,45)(H,46,47)/t28?,29-,30-/m0/s1. The Labute approximate surface area is 289 Å². The first kappa shape index (κ1) is 33.3. The normalized spacial score (nSPS) is 20.5. The average Bonchev–Trinajstić information content (AvgIpc) is 3.97. The second-order valence-electron chi connectivity index (χ2n) is 13.3. The topological polar surface area (TPSA) is 175 Å². The maximum absolute atomic E-state index is 13.9. The fourth-order valence-corrected chi connectivity index (χ4v) is 7.17. The molecule has 3 atom stereocenters. The Bertz CT molecular complexity index is 1850. The van der Waals surface area contributed by atoms with Gasteiger partial charge in [-0.3, -0.25) is 9.69 Å². The third kappa shape index (κ3) is 6.43. The van der Waals surface area contributed by atoms with E-state index in [1.807, 2.05) is 62.4 Å². The summed E-state index contributed by atoms with van der Waals surface area (Å²) in [7, 11) is 1.27. The number of likely N-dealkylation sites (tertiary alicyclic amines) is 2. The van der Waals surface area contributed by atoms with E-state index < -0.39 is 30.1 Å². The van der Waals surface area contributed by atoms with Crippen LogP contribution in [0.15, 0.2) is 60.9 Å². The van der Waals surface area contributed by atoms with Crippen molar-refractivity contribution in [2.45, 2.75) is 57.0 Å². The van der Waals surface area contributed by atoms with Gasteiger partial charge in [0.1, 0.15) is 17.7 Å². The van der Waals surface area contributed by atoms with Crippen molar-refractivity contribution < 1.29 is 33.7 Å². The molecule has 262 valence electrons. The van der Waals surface area contributed by atoms with Crippen LogP contribution in [-0.2, 0) is 19.0 Å². The molecule has 4 N–H and O–H groups in total. The van der Waals surface area contributed by atoms with Gasteiger partial charge in [-0.15, -0.1) is 0 Å². The van der Waals surface area contributed by atoms with Crippen LogP contribution in [0.4, 0.5) is 9.59 Å². The molecule has 0 bridgehead atoms. The first-order chi connectivity index (χ1) is 24.1. The molecular formula is C36H41N7O7. The van der Waals surface area contributed by atoms with Gasteiger partial charge in [-0.2, -0.15) is 0 Å². The summed E-state index contributed by atoms with van der Waals surface area (Å²) in [6.45, 7) is 5.37. The summed E-state index contributed by atoms with van der Waals surface area (Å²) < 4.78 is 16.8. The Hall–Kier alpha value is -5.21. The van der Waals surface area contributed by atoms with Crippen LogP contribution in [0.2, 0.25) is 0 Å². The average molecular weight is 684 g/mol. The van der Waals surface area contributed by atoms with Crippen molar-refractivity contribution in [1.29, 1.82) is 0 Å². The number of aromatic amines is 2. The van der Waals surface area contributed by atoms with E-state index in [1.54, 1.807) is 17.3 Å². The van der Waals surface area contributed by atoms with Crippen molar-refractivity contribution in [3.63, 3.8) is 0 Å². The summed E-state index contributed by atoms with van der Waals surface area (Å²) in [6.07, 6.45) is 3.91. The van der Waals surface area contributed by atoms with E-state index in [-0.39, 0.29) is 24.4 Å². The van der Waals surface area contributed by atoms with E-state index in [0.717, 1.165) is 46.5 Å². The molecule has 14 nitrogen and oxygen atoms in total. The molecule has 14 heteroatoms. The van der Waals surface area contributed by atoms with E-state index >= 15 is 0 Å². The summed E-state index contributed by atoms with van der Waals surface area (Å²) >= 11 is 0. The molecule has 5 heterocycles. The van der Waals surface area contributed by atoms with E-state index in [2.05, 4.69) is 25.3 Å². The molecule has 2 aromatic heterocycles. The monoisotopic (exact) mass is 683 g/mol. The van der Waals surface area contributed by atoms with Crippen LogP contribution in [0.5, 0.6) is 0 Å². The highest BCUT2D eigenvalue weighted by Crippen LogP contribution is 2.43. The number of ether oxygens (including phenoxy) is 3. The lowest BCUT2D eigenvalue weighted by Crippen LogP contribution is -2.52. The number of methoxy groups -OCH3 is 1. The van der Waals surface area contributed by atoms with Crippen LogP contribution < -0.4 is 5.32 Å². The van der Waals surface area contributed by atoms with Gasteiger partial charge >= 0.3 is 12.2 Å². The lowest BCUT2D eigenvalue weighted by Gasteiger charge is -2.30. The molecular weight excluding hydrogens is 642 g/mol. The molecule has 1 spiro atoms. The van der Waals surface area contributed by atoms with Gasteiger partial charge in [-0.05, 0) is 41.0 Å². The smallest absolute Gasteiger partial charge is 0.407 e. The number of alkyl carbamates (subject to hydrolysis) is 1. The largest absolute Gasteiger partial charge is 0.465 e. The van der Waals surface area contributed by atoms with E-state index in [1.165, 1.54) is 12.0 Å². The minimum absolute atomic E-state index is 0.182. The summed E-state index contributed by atoms with van der Waals surface area (Å²) in [5.41, 5.74) is 5.62. The molecule has 7 rings (SSSR count). The second kappa shape index (κ2) is 13.6. The molecule has 3 aliphatic rings. The fourth-order valence-electron chi connectivity index (χ4n) is 7.17. The Morgan fingerprint density at radius 3 is 1.94 bits per heavy atom. The number of nitrogens with zero attached hydrogens (tertiary/aromatic N) is 4. The first-order valence-electron chi connectivity index (χ1n) is 16.9. The molecule has 2 aromatic carbocycles. The minimum Gasteiger partial charge on any atom is -0.465 e. The van der Waals surface area contributed by atoms with Gasteiger partial charge in [0.15, 0.2) is 5.79 Å². The van der Waals surface area contributed by atoms with Gasteiger partial charge in [0.25, 0.3) is 0 Å². The number of imidazole rings is 2. The number of nitrogens with one attached hydrogen (secondary N) is 3. The van der Waals surface area contributed by atoms with Gasteiger partial charge in [-0.25, -0.2) is 19.6 Å². The van der Waals surface area contributed by atoms with E-state index in [4.69, 9.17) is 14.2 Å². The van der Waals surface area contributed by atoms with Crippen LogP contribution in [0.3, 0.4) is 0 Å². The van der Waals surface area contributed by atoms with Crippen LogP contribution in [0, 0.1) is 5.92 Å². The van der Waals surface area contributed by atoms with Crippen molar-refractivity contribution in [1.82, 2.24) is 35.1 Å². The minimum atomic E-state index is -0.922. The number of hydrogen-bond donors (Lipinski definition) is 4. The van der Waals surface area contributed by atoms with Gasteiger partial charge in [0.05, 0.1) is 62.7 Å². The molecule has 3 fully saturated rings. The number of carbonyl (C=O) groups excluding carboxylic acids is 2. The molecule has 3 saturated heterocycles. The van der Waals surface area contributed by atoms with Crippen molar-refractivity contribution in [3.05, 3.63) is 72.6 Å². The number of amides is 3. The highest BCUT2D eigenvalue weighted by molar-refractivity contribution is 5.86. The van der Waals surface area contributed by atoms with Crippen molar-refractivity contribution in [3.8, 4) is 33.6 Å². The maximum atomic E-state index is 13.9. The Morgan fingerprint density at radius 2 is 1.42 bits per heavy atom. The SMILES string of the molecule is COC(=O)N[C@H](C(=O)N1CC2(C[C@H]1c1ncc(-c3ccc(-c4ccc(-c5cnc(C6CCCN6C(=O)O)[nH]5)cc4)cc3)[nH]1)OCCO2)C(C)C.